The van der Waals surface area contributed by atoms with Gasteiger partial charge in [-0.1, -0.05) is 18.2 Å². The van der Waals surface area contributed by atoms with Crippen LogP contribution in [-0.2, 0) is 11.8 Å². The van der Waals surface area contributed by atoms with Crippen molar-refractivity contribution in [1.82, 2.24) is 9.47 Å². The standard InChI is InChI=1S/C16H18N2O4/c1-17-10-12(11-4-2-3-5-13(11)17)14(19)18-8-6-16(22,7-9-18)15(20)21/h2-5,10,22H,6-9H2,1H3,(H,20,21). The highest BCUT2D eigenvalue weighted by atomic mass is 16.4. The van der Waals surface area contributed by atoms with E-state index in [1.807, 2.05) is 35.9 Å². The van der Waals surface area contributed by atoms with Crippen LogP contribution in [0.2, 0.25) is 0 Å². The molecule has 1 fully saturated rings. The van der Waals surface area contributed by atoms with Crippen LogP contribution in [-0.4, -0.2) is 50.2 Å². The van der Waals surface area contributed by atoms with Gasteiger partial charge >= 0.3 is 5.97 Å². The number of carbonyl (C=O) groups is 2. The maximum Gasteiger partial charge on any atom is 0.335 e. The number of piperidine rings is 1. The maximum atomic E-state index is 12.7. The molecule has 0 saturated carbocycles. The van der Waals surface area contributed by atoms with Gasteiger partial charge in [0, 0.05) is 50.1 Å². The lowest BCUT2D eigenvalue weighted by molar-refractivity contribution is -0.162. The van der Waals surface area contributed by atoms with Crippen molar-refractivity contribution in [1.29, 1.82) is 0 Å². The maximum absolute atomic E-state index is 12.7. The minimum Gasteiger partial charge on any atom is -0.479 e. The second-order valence-electron chi connectivity index (χ2n) is 5.80. The number of aliphatic hydroxyl groups is 1. The molecule has 1 aliphatic rings. The molecule has 6 heteroatoms. The fraction of sp³-hybridized carbons (Fsp3) is 0.375. The number of para-hydroxylation sites is 1. The first kappa shape index (κ1) is 14.6. The van der Waals surface area contributed by atoms with Gasteiger partial charge in [-0.15, -0.1) is 0 Å². The van der Waals surface area contributed by atoms with Gasteiger partial charge in [0.05, 0.1) is 5.56 Å². The number of hydrogen-bond donors (Lipinski definition) is 2. The summed E-state index contributed by atoms with van der Waals surface area (Å²) in [6.07, 6.45) is 1.91. The third-order valence-electron chi connectivity index (χ3n) is 4.40. The van der Waals surface area contributed by atoms with Crippen LogP contribution in [0, 0.1) is 0 Å². The monoisotopic (exact) mass is 302 g/mol. The van der Waals surface area contributed by atoms with Crippen molar-refractivity contribution in [3.05, 3.63) is 36.0 Å². The Morgan fingerprint density at radius 3 is 2.45 bits per heavy atom. The molecule has 6 nitrogen and oxygen atoms in total. The first-order valence-electron chi connectivity index (χ1n) is 7.21. The molecule has 2 N–H and O–H groups in total. The second kappa shape index (κ2) is 5.14. The summed E-state index contributed by atoms with van der Waals surface area (Å²) >= 11 is 0. The van der Waals surface area contributed by atoms with Crippen LogP contribution in [0.5, 0.6) is 0 Å². The zero-order chi connectivity index (χ0) is 15.9. The van der Waals surface area contributed by atoms with Crippen LogP contribution in [0.3, 0.4) is 0 Å². The minimum absolute atomic E-state index is 0.0544. The average molecular weight is 302 g/mol. The number of likely N-dealkylation sites (tertiary alicyclic amines) is 1. The number of benzene rings is 1. The SMILES string of the molecule is Cn1cc(C(=O)N2CCC(O)(C(=O)O)CC2)c2ccccc21. The van der Waals surface area contributed by atoms with Gasteiger partial charge in [0.2, 0.25) is 0 Å². The summed E-state index contributed by atoms with van der Waals surface area (Å²) in [4.78, 5) is 25.3. The van der Waals surface area contributed by atoms with E-state index in [2.05, 4.69) is 0 Å². The van der Waals surface area contributed by atoms with Crippen LogP contribution in [0.1, 0.15) is 23.2 Å². The van der Waals surface area contributed by atoms with E-state index in [1.54, 1.807) is 11.1 Å². The molecular formula is C16H18N2O4. The summed E-state index contributed by atoms with van der Waals surface area (Å²) in [7, 11) is 1.89. The van der Waals surface area contributed by atoms with Gasteiger partial charge in [0.25, 0.3) is 5.91 Å². The van der Waals surface area contributed by atoms with Crippen LogP contribution < -0.4 is 0 Å². The molecule has 1 saturated heterocycles. The average Bonchev–Trinajstić information content (AvgIpc) is 2.85. The number of hydrogen-bond acceptors (Lipinski definition) is 3. The van der Waals surface area contributed by atoms with Crippen LogP contribution in [0.15, 0.2) is 30.5 Å². The third kappa shape index (κ3) is 2.25. The molecule has 1 amide bonds. The first-order valence-corrected chi connectivity index (χ1v) is 7.21. The van der Waals surface area contributed by atoms with Crippen LogP contribution in [0.4, 0.5) is 0 Å². The fourth-order valence-corrected chi connectivity index (χ4v) is 2.98. The lowest BCUT2D eigenvalue weighted by Crippen LogP contribution is -2.50. The Hall–Kier alpha value is -2.34. The predicted octanol–water partition coefficient (Wildman–Crippen LogP) is 1.23. The molecule has 3 rings (SSSR count). The number of aryl methyl sites for hydroxylation is 1. The normalized spacial score (nSPS) is 17.6. The Morgan fingerprint density at radius 1 is 1.18 bits per heavy atom. The number of aromatic nitrogens is 1. The largest absolute Gasteiger partial charge is 0.479 e. The number of rotatable bonds is 2. The van der Waals surface area contributed by atoms with Gasteiger partial charge in [-0.05, 0) is 6.07 Å². The van der Waals surface area contributed by atoms with E-state index < -0.39 is 11.6 Å². The minimum atomic E-state index is -1.71. The Morgan fingerprint density at radius 2 is 1.82 bits per heavy atom. The molecule has 2 heterocycles. The smallest absolute Gasteiger partial charge is 0.335 e. The Labute approximate surface area is 127 Å². The molecule has 1 aliphatic heterocycles. The summed E-state index contributed by atoms with van der Waals surface area (Å²) in [5.41, 5.74) is -0.126. The Balaban J connectivity index is 1.84. The number of amides is 1. The fourth-order valence-electron chi connectivity index (χ4n) is 2.98. The number of carboxylic acids is 1. The highest BCUT2D eigenvalue weighted by Crippen LogP contribution is 2.26. The molecule has 1 aromatic carbocycles. The van der Waals surface area contributed by atoms with Gasteiger partial charge in [-0.2, -0.15) is 0 Å². The third-order valence-corrected chi connectivity index (χ3v) is 4.40. The summed E-state index contributed by atoms with van der Waals surface area (Å²) in [5, 5.41) is 19.9. The van der Waals surface area contributed by atoms with E-state index in [9.17, 15) is 14.7 Å². The molecule has 0 unspecified atom stereocenters. The van der Waals surface area contributed by atoms with Crippen LogP contribution in [0.25, 0.3) is 10.9 Å². The van der Waals surface area contributed by atoms with Crippen molar-refractivity contribution >= 4 is 22.8 Å². The van der Waals surface area contributed by atoms with Crippen LogP contribution >= 0.6 is 0 Å². The van der Waals surface area contributed by atoms with Crippen molar-refractivity contribution in [3.8, 4) is 0 Å². The number of fused-ring (bicyclic) bond motifs is 1. The zero-order valence-corrected chi connectivity index (χ0v) is 12.3. The highest BCUT2D eigenvalue weighted by Gasteiger charge is 2.40. The van der Waals surface area contributed by atoms with E-state index >= 15 is 0 Å². The molecule has 0 bridgehead atoms. The lowest BCUT2D eigenvalue weighted by atomic mass is 9.91. The number of nitrogens with zero attached hydrogens (tertiary/aromatic N) is 2. The van der Waals surface area contributed by atoms with Gasteiger partial charge < -0.3 is 19.7 Å². The molecule has 2 aromatic rings. The molecule has 0 atom stereocenters. The number of carboxylic acid groups (broad SMARTS) is 1. The van der Waals surface area contributed by atoms with E-state index in [-0.39, 0.29) is 31.8 Å². The molecule has 22 heavy (non-hydrogen) atoms. The van der Waals surface area contributed by atoms with Crippen molar-refractivity contribution in [2.24, 2.45) is 7.05 Å². The molecule has 0 radical (unpaired) electrons. The van der Waals surface area contributed by atoms with E-state index in [1.165, 1.54) is 0 Å². The number of aliphatic carboxylic acids is 1. The van der Waals surface area contributed by atoms with Gasteiger partial charge in [0.1, 0.15) is 0 Å². The zero-order valence-electron chi connectivity index (χ0n) is 12.3. The van der Waals surface area contributed by atoms with Gasteiger partial charge in [-0.25, -0.2) is 4.79 Å². The number of carbonyl (C=O) groups excluding carboxylic acids is 1. The van der Waals surface area contributed by atoms with Crippen molar-refractivity contribution in [3.63, 3.8) is 0 Å². The van der Waals surface area contributed by atoms with E-state index in [4.69, 9.17) is 5.11 Å². The quantitative estimate of drug-likeness (QED) is 0.874. The van der Waals surface area contributed by atoms with Gasteiger partial charge in [0.15, 0.2) is 5.60 Å². The summed E-state index contributed by atoms with van der Waals surface area (Å²) in [5.74, 6) is -1.34. The summed E-state index contributed by atoms with van der Waals surface area (Å²) in [6.45, 7) is 0.482. The van der Waals surface area contributed by atoms with Crippen molar-refractivity contribution < 1.29 is 19.8 Å². The molecule has 1 aromatic heterocycles. The highest BCUT2D eigenvalue weighted by molar-refractivity contribution is 6.07. The summed E-state index contributed by atoms with van der Waals surface area (Å²) < 4.78 is 1.90. The molecular weight excluding hydrogens is 284 g/mol. The Kier molecular flexibility index (Phi) is 3.41. The van der Waals surface area contributed by atoms with Crippen molar-refractivity contribution in [2.45, 2.75) is 18.4 Å². The van der Waals surface area contributed by atoms with E-state index in [0.29, 0.717) is 5.56 Å². The summed E-state index contributed by atoms with van der Waals surface area (Å²) in [6, 6.07) is 7.66. The lowest BCUT2D eigenvalue weighted by Gasteiger charge is -2.35. The van der Waals surface area contributed by atoms with E-state index in [0.717, 1.165) is 10.9 Å². The van der Waals surface area contributed by atoms with Crippen molar-refractivity contribution in [2.75, 3.05) is 13.1 Å². The topological polar surface area (TPSA) is 82.8 Å². The molecule has 0 aliphatic carbocycles. The molecule has 116 valence electrons. The second-order valence-corrected chi connectivity index (χ2v) is 5.80. The first-order chi connectivity index (χ1) is 10.4. The molecule has 0 spiro atoms. The Bertz CT molecular complexity index is 742. The predicted molar refractivity (Wildman–Crippen MR) is 80.6 cm³/mol. The van der Waals surface area contributed by atoms with Gasteiger partial charge in [-0.3, -0.25) is 4.79 Å².